The number of nitrogens with one attached hydrogen (secondary N) is 1. The maximum absolute atomic E-state index is 13.7. The predicted molar refractivity (Wildman–Crippen MR) is 69.6 cm³/mol. The largest absolute Gasteiger partial charge is 0.396 e. The number of aliphatic hydroxyl groups is 1. The third-order valence-electron chi connectivity index (χ3n) is 3.44. The molecule has 20 heavy (non-hydrogen) atoms. The Morgan fingerprint density at radius 3 is 2.55 bits per heavy atom. The van der Waals surface area contributed by atoms with Gasteiger partial charge >= 0.3 is 0 Å². The van der Waals surface area contributed by atoms with Gasteiger partial charge < -0.3 is 5.11 Å². The van der Waals surface area contributed by atoms with Crippen molar-refractivity contribution >= 4 is 10.0 Å². The first-order valence-corrected chi connectivity index (χ1v) is 7.92. The Bertz CT molecular complexity index is 600. The molecule has 1 atom stereocenters. The van der Waals surface area contributed by atoms with E-state index >= 15 is 0 Å². The van der Waals surface area contributed by atoms with Gasteiger partial charge in [0, 0.05) is 12.6 Å². The Kier molecular flexibility index (Phi) is 4.41. The van der Waals surface area contributed by atoms with Crippen LogP contribution in [0, 0.1) is 24.5 Å². The Hall–Kier alpha value is -1.05. The molecule has 0 amide bonds. The van der Waals surface area contributed by atoms with E-state index in [1.54, 1.807) is 0 Å². The topological polar surface area (TPSA) is 66.4 Å². The van der Waals surface area contributed by atoms with Crippen molar-refractivity contribution in [3.63, 3.8) is 0 Å². The molecule has 7 heteroatoms. The number of aliphatic hydroxyl groups excluding tert-OH is 1. The molecule has 0 heterocycles. The zero-order chi connectivity index (χ0) is 14.9. The third kappa shape index (κ3) is 3.34. The first-order chi connectivity index (χ1) is 9.35. The van der Waals surface area contributed by atoms with E-state index < -0.39 is 32.6 Å². The molecule has 1 saturated carbocycles. The van der Waals surface area contributed by atoms with E-state index in [9.17, 15) is 17.2 Å². The molecule has 1 unspecified atom stereocenters. The molecule has 0 spiro atoms. The van der Waals surface area contributed by atoms with Gasteiger partial charge in [-0.05, 0) is 49.8 Å². The van der Waals surface area contributed by atoms with Gasteiger partial charge in [0.25, 0.3) is 0 Å². The summed E-state index contributed by atoms with van der Waals surface area (Å²) in [6.07, 6.45) is 2.01. The second-order valence-electron chi connectivity index (χ2n) is 5.11. The highest BCUT2D eigenvalue weighted by Crippen LogP contribution is 2.34. The van der Waals surface area contributed by atoms with E-state index in [0.29, 0.717) is 6.07 Å². The summed E-state index contributed by atoms with van der Waals surface area (Å²) in [4.78, 5) is -0.691. The lowest BCUT2D eigenvalue weighted by atomic mass is 10.1. The van der Waals surface area contributed by atoms with Gasteiger partial charge in [0.1, 0.15) is 16.5 Å². The normalized spacial score (nSPS) is 17.2. The Morgan fingerprint density at radius 2 is 2.00 bits per heavy atom. The van der Waals surface area contributed by atoms with Crippen LogP contribution in [0.5, 0.6) is 0 Å². The fourth-order valence-electron chi connectivity index (χ4n) is 2.13. The smallest absolute Gasteiger partial charge is 0.243 e. The van der Waals surface area contributed by atoms with Crippen molar-refractivity contribution in [2.75, 3.05) is 6.61 Å². The molecular weight excluding hydrogens is 288 g/mol. The monoisotopic (exact) mass is 305 g/mol. The van der Waals surface area contributed by atoms with Gasteiger partial charge in [0.15, 0.2) is 0 Å². The summed E-state index contributed by atoms with van der Waals surface area (Å²) < 4.78 is 53.8. The van der Waals surface area contributed by atoms with Gasteiger partial charge in [-0.25, -0.2) is 21.9 Å². The van der Waals surface area contributed by atoms with Crippen LogP contribution in [-0.4, -0.2) is 26.2 Å². The summed E-state index contributed by atoms with van der Waals surface area (Å²) >= 11 is 0. The minimum Gasteiger partial charge on any atom is -0.396 e. The summed E-state index contributed by atoms with van der Waals surface area (Å²) in [5.74, 6) is -1.58. The van der Waals surface area contributed by atoms with Gasteiger partial charge in [0.2, 0.25) is 10.0 Å². The third-order valence-corrected chi connectivity index (χ3v) is 4.95. The van der Waals surface area contributed by atoms with E-state index in [1.807, 2.05) is 0 Å². The number of rotatable bonds is 6. The molecule has 1 fully saturated rings. The molecular formula is C13H17F2NO3S. The number of aryl methyl sites for hydroxylation is 1. The van der Waals surface area contributed by atoms with Crippen LogP contribution in [0.1, 0.15) is 24.8 Å². The average Bonchev–Trinajstić information content (AvgIpc) is 3.17. The van der Waals surface area contributed by atoms with Crippen LogP contribution in [0.3, 0.4) is 0 Å². The minimum absolute atomic E-state index is 0.0514. The van der Waals surface area contributed by atoms with Crippen molar-refractivity contribution in [1.82, 2.24) is 4.72 Å². The van der Waals surface area contributed by atoms with Crippen molar-refractivity contribution in [3.8, 4) is 0 Å². The second-order valence-corrected chi connectivity index (χ2v) is 6.79. The Morgan fingerprint density at radius 1 is 1.35 bits per heavy atom. The van der Waals surface area contributed by atoms with E-state index in [2.05, 4.69) is 4.72 Å². The number of hydrogen-bond donors (Lipinski definition) is 2. The molecule has 4 nitrogen and oxygen atoms in total. The average molecular weight is 305 g/mol. The molecule has 0 bridgehead atoms. The van der Waals surface area contributed by atoms with Crippen LogP contribution in [0.2, 0.25) is 0 Å². The molecule has 1 aliphatic rings. The summed E-state index contributed by atoms with van der Waals surface area (Å²) in [5.41, 5.74) is 0.0514. The van der Waals surface area contributed by atoms with Crippen molar-refractivity contribution in [3.05, 3.63) is 29.3 Å². The summed E-state index contributed by atoms with van der Waals surface area (Å²) in [7, 11) is -4.13. The lowest BCUT2D eigenvalue weighted by Gasteiger charge is -2.17. The number of halogens is 2. The molecule has 0 radical (unpaired) electrons. The highest BCUT2D eigenvalue weighted by molar-refractivity contribution is 7.89. The lowest BCUT2D eigenvalue weighted by molar-refractivity contribution is 0.265. The van der Waals surface area contributed by atoms with Crippen molar-refractivity contribution in [2.24, 2.45) is 5.92 Å². The quantitative estimate of drug-likeness (QED) is 0.841. The summed E-state index contributed by atoms with van der Waals surface area (Å²) in [6.45, 7) is 1.20. The highest BCUT2D eigenvalue weighted by Gasteiger charge is 2.34. The Balaban J connectivity index is 2.27. The first kappa shape index (κ1) is 15.3. The standard InChI is InChI=1S/C13H17F2NO3S/c1-8-6-11(15)13(7-10(8)14)20(18,19)16-12(4-5-17)9-2-3-9/h6-7,9,12,16-17H,2-5H2,1H3. The maximum atomic E-state index is 13.7. The van der Waals surface area contributed by atoms with Gasteiger partial charge in [-0.1, -0.05) is 0 Å². The van der Waals surface area contributed by atoms with Crippen LogP contribution >= 0.6 is 0 Å². The van der Waals surface area contributed by atoms with E-state index in [0.717, 1.165) is 18.9 Å². The first-order valence-electron chi connectivity index (χ1n) is 6.44. The summed E-state index contributed by atoms with van der Waals surface area (Å²) in [6, 6.07) is 1.12. The SMILES string of the molecule is Cc1cc(F)c(S(=O)(=O)NC(CCO)C2CC2)cc1F. The molecule has 1 aromatic rings. The van der Waals surface area contributed by atoms with Crippen molar-refractivity contribution in [1.29, 1.82) is 0 Å². The molecule has 0 saturated heterocycles. The van der Waals surface area contributed by atoms with Gasteiger partial charge in [-0.15, -0.1) is 0 Å². The lowest BCUT2D eigenvalue weighted by Crippen LogP contribution is -2.37. The number of hydrogen-bond acceptors (Lipinski definition) is 3. The van der Waals surface area contributed by atoms with Gasteiger partial charge in [0.05, 0.1) is 0 Å². The van der Waals surface area contributed by atoms with Crippen LogP contribution in [-0.2, 0) is 10.0 Å². The van der Waals surface area contributed by atoms with Crippen molar-refractivity contribution < 1.29 is 22.3 Å². The fraction of sp³-hybridized carbons (Fsp3) is 0.538. The molecule has 0 aliphatic heterocycles. The molecule has 112 valence electrons. The van der Waals surface area contributed by atoms with Crippen LogP contribution in [0.4, 0.5) is 8.78 Å². The highest BCUT2D eigenvalue weighted by atomic mass is 32.2. The summed E-state index contributed by atoms with van der Waals surface area (Å²) in [5, 5.41) is 8.95. The van der Waals surface area contributed by atoms with Gasteiger partial charge in [-0.3, -0.25) is 0 Å². The number of sulfonamides is 1. The van der Waals surface area contributed by atoms with E-state index in [-0.39, 0.29) is 24.5 Å². The van der Waals surface area contributed by atoms with E-state index in [4.69, 9.17) is 5.11 Å². The van der Waals surface area contributed by atoms with E-state index in [1.165, 1.54) is 6.92 Å². The fourth-order valence-corrected chi connectivity index (χ4v) is 3.54. The van der Waals surface area contributed by atoms with Crippen LogP contribution < -0.4 is 4.72 Å². The zero-order valence-electron chi connectivity index (χ0n) is 11.1. The predicted octanol–water partition coefficient (Wildman–Crippen LogP) is 1.71. The molecule has 0 aromatic heterocycles. The zero-order valence-corrected chi connectivity index (χ0v) is 11.9. The molecule has 2 N–H and O–H groups in total. The van der Waals surface area contributed by atoms with Crippen LogP contribution in [0.25, 0.3) is 0 Å². The minimum atomic E-state index is -4.13. The second kappa shape index (κ2) is 5.75. The number of benzene rings is 1. The van der Waals surface area contributed by atoms with Crippen LogP contribution in [0.15, 0.2) is 17.0 Å². The molecule has 2 rings (SSSR count). The van der Waals surface area contributed by atoms with Crippen molar-refractivity contribution in [2.45, 2.75) is 37.1 Å². The molecule has 1 aliphatic carbocycles. The van der Waals surface area contributed by atoms with Gasteiger partial charge in [-0.2, -0.15) is 0 Å². The maximum Gasteiger partial charge on any atom is 0.243 e. The Labute approximate surface area is 116 Å². The molecule has 1 aromatic carbocycles.